The molecule has 2 heterocycles. The predicted octanol–water partition coefficient (Wildman–Crippen LogP) is 2.08. The normalized spacial score (nSPS) is 10.9. The largest absolute Gasteiger partial charge is 0.315 e. The number of rotatable bonds is 1. The topological polar surface area (TPSA) is 17.3 Å². The fourth-order valence-electron chi connectivity index (χ4n) is 1.83. The first-order chi connectivity index (χ1) is 8.24. The van der Waals surface area contributed by atoms with Crippen molar-refractivity contribution in [2.24, 2.45) is 0 Å². The average Bonchev–Trinajstić information content (AvgIpc) is 2.72. The molecule has 17 heavy (non-hydrogen) atoms. The third-order valence-corrected chi connectivity index (χ3v) is 3.04. The molecule has 0 aliphatic heterocycles. The number of aromatic nitrogens is 2. The predicted molar refractivity (Wildman–Crippen MR) is 73.3 cm³/mol. The van der Waals surface area contributed by atoms with E-state index < -0.39 is 0 Å². The van der Waals surface area contributed by atoms with Crippen molar-refractivity contribution < 1.29 is 0 Å². The lowest BCUT2D eigenvalue weighted by atomic mass is 10.1. The van der Waals surface area contributed by atoms with Gasteiger partial charge in [0.25, 0.3) is 0 Å². The number of pyridine rings is 1. The van der Waals surface area contributed by atoms with Gasteiger partial charge in [0.05, 0.1) is 0 Å². The summed E-state index contributed by atoms with van der Waals surface area (Å²) in [6.45, 7) is 0. The first kappa shape index (κ1) is 10.5. The quantitative estimate of drug-likeness (QED) is 0.505. The molecular formula is C13H9BN2S. The zero-order valence-corrected chi connectivity index (χ0v) is 9.93. The Bertz CT molecular complexity index is 673. The highest BCUT2D eigenvalue weighted by Crippen LogP contribution is 2.21. The van der Waals surface area contributed by atoms with Crippen molar-refractivity contribution in [1.29, 1.82) is 0 Å². The smallest absolute Gasteiger partial charge is 0.141 e. The van der Waals surface area contributed by atoms with E-state index in [-0.39, 0.29) is 0 Å². The molecule has 0 aliphatic carbocycles. The van der Waals surface area contributed by atoms with E-state index in [0.717, 1.165) is 21.7 Å². The van der Waals surface area contributed by atoms with Gasteiger partial charge in [-0.15, -0.1) is 12.6 Å². The fraction of sp³-hybridized carbons (Fsp3) is 0. The van der Waals surface area contributed by atoms with Crippen molar-refractivity contribution in [2.75, 3.05) is 0 Å². The Hall–Kier alpha value is -1.68. The van der Waals surface area contributed by atoms with Crippen LogP contribution in [0.15, 0.2) is 53.7 Å². The Morgan fingerprint density at radius 3 is 2.59 bits per heavy atom. The summed E-state index contributed by atoms with van der Waals surface area (Å²) in [5.41, 5.74) is 3.77. The number of fused-ring (bicyclic) bond motifs is 1. The van der Waals surface area contributed by atoms with Crippen molar-refractivity contribution in [3.8, 4) is 11.1 Å². The van der Waals surface area contributed by atoms with Gasteiger partial charge in [-0.05, 0) is 41.0 Å². The molecule has 4 heteroatoms. The Labute approximate surface area is 106 Å². The number of hydrogen-bond donors (Lipinski definition) is 1. The molecule has 2 radical (unpaired) electrons. The molecule has 0 N–H and O–H groups in total. The Balaban J connectivity index is 2.14. The number of thiol groups is 1. The molecule has 2 nitrogen and oxygen atoms in total. The molecule has 2 aromatic heterocycles. The molecule has 0 saturated carbocycles. The second-order valence-electron chi connectivity index (χ2n) is 3.87. The SMILES string of the molecule is [B]c1cnc2cc(-c3ccc(S)cc3)ccn12. The Kier molecular flexibility index (Phi) is 2.44. The van der Waals surface area contributed by atoms with Gasteiger partial charge in [0.2, 0.25) is 0 Å². The van der Waals surface area contributed by atoms with Gasteiger partial charge >= 0.3 is 0 Å². The van der Waals surface area contributed by atoms with Gasteiger partial charge in [-0.3, -0.25) is 0 Å². The molecule has 0 fully saturated rings. The van der Waals surface area contributed by atoms with Crippen LogP contribution < -0.4 is 5.59 Å². The Morgan fingerprint density at radius 2 is 1.82 bits per heavy atom. The molecule has 0 bridgehead atoms. The zero-order chi connectivity index (χ0) is 11.8. The summed E-state index contributed by atoms with van der Waals surface area (Å²) < 4.78 is 1.86. The molecule has 0 amide bonds. The average molecular weight is 236 g/mol. The molecule has 0 atom stereocenters. The number of hydrogen-bond acceptors (Lipinski definition) is 2. The van der Waals surface area contributed by atoms with Crippen LogP contribution in [0.4, 0.5) is 0 Å². The van der Waals surface area contributed by atoms with E-state index >= 15 is 0 Å². The zero-order valence-electron chi connectivity index (χ0n) is 9.04. The third kappa shape index (κ3) is 1.85. The van der Waals surface area contributed by atoms with E-state index in [4.69, 9.17) is 7.85 Å². The standard InChI is InChI=1S/C13H9BN2S/c14-12-8-15-13-7-10(5-6-16(12)13)9-1-3-11(17)4-2-9/h1-8,17H. The van der Waals surface area contributed by atoms with Gasteiger partial charge in [0, 0.05) is 17.3 Å². The summed E-state index contributed by atoms with van der Waals surface area (Å²) in [5, 5.41) is 0. The monoisotopic (exact) mass is 236 g/mol. The summed E-state index contributed by atoms with van der Waals surface area (Å²) >= 11 is 4.27. The van der Waals surface area contributed by atoms with Crippen molar-refractivity contribution in [2.45, 2.75) is 4.90 Å². The van der Waals surface area contributed by atoms with Crippen LogP contribution in [0.1, 0.15) is 0 Å². The van der Waals surface area contributed by atoms with Crippen molar-refractivity contribution >= 4 is 31.7 Å². The highest BCUT2D eigenvalue weighted by Gasteiger charge is 2.02. The molecule has 0 unspecified atom stereocenters. The first-order valence-electron chi connectivity index (χ1n) is 5.26. The van der Waals surface area contributed by atoms with Crippen LogP contribution in [0.2, 0.25) is 0 Å². The lowest BCUT2D eigenvalue weighted by Crippen LogP contribution is -2.08. The minimum absolute atomic E-state index is 0.650. The van der Waals surface area contributed by atoms with E-state index in [1.807, 2.05) is 47.0 Å². The summed E-state index contributed by atoms with van der Waals surface area (Å²) in [5.74, 6) is 0. The van der Waals surface area contributed by atoms with Gasteiger partial charge in [-0.2, -0.15) is 0 Å². The number of imidazole rings is 1. The summed E-state index contributed by atoms with van der Waals surface area (Å²) in [7, 11) is 5.78. The Morgan fingerprint density at radius 1 is 1.06 bits per heavy atom. The van der Waals surface area contributed by atoms with E-state index in [2.05, 4.69) is 17.6 Å². The molecule has 0 aliphatic rings. The van der Waals surface area contributed by atoms with Crippen molar-refractivity contribution in [3.63, 3.8) is 0 Å². The molecule has 0 spiro atoms. The fourth-order valence-corrected chi connectivity index (χ4v) is 1.98. The van der Waals surface area contributed by atoms with E-state index in [1.165, 1.54) is 0 Å². The van der Waals surface area contributed by atoms with Crippen LogP contribution in [0, 0.1) is 0 Å². The third-order valence-electron chi connectivity index (χ3n) is 2.74. The van der Waals surface area contributed by atoms with Crippen LogP contribution in [-0.4, -0.2) is 17.2 Å². The molecule has 80 valence electrons. The molecule has 0 saturated heterocycles. The van der Waals surface area contributed by atoms with Gasteiger partial charge in [-0.1, -0.05) is 12.1 Å². The molecule has 3 rings (SSSR count). The van der Waals surface area contributed by atoms with Crippen LogP contribution in [0.3, 0.4) is 0 Å². The maximum absolute atomic E-state index is 5.78. The second-order valence-corrected chi connectivity index (χ2v) is 4.39. The van der Waals surface area contributed by atoms with Gasteiger partial charge in [-0.25, -0.2) is 4.98 Å². The van der Waals surface area contributed by atoms with E-state index in [1.54, 1.807) is 6.20 Å². The second kappa shape index (κ2) is 3.97. The van der Waals surface area contributed by atoms with Crippen molar-refractivity contribution in [1.82, 2.24) is 9.38 Å². The maximum atomic E-state index is 5.78. The lowest BCUT2D eigenvalue weighted by Gasteiger charge is -2.03. The van der Waals surface area contributed by atoms with Crippen LogP contribution in [0.25, 0.3) is 16.8 Å². The van der Waals surface area contributed by atoms with Crippen LogP contribution >= 0.6 is 12.6 Å². The highest BCUT2D eigenvalue weighted by molar-refractivity contribution is 7.80. The summed E-state index contributed by atoms with van der Waals surface area (Å²) in [6.07, 6.45) is 3.59. The first-order valence-corrected chi connectivity index (χ1v) is 5.71. The van der Waals surface area contributed by atoms with E-state index in [0.29, 0.717) is 5.59 Å². The molecule has 3 aromatic rings. The van der Waals surface area contributed by atoms with Crippen LogP contribution in [0.5, 0.6) is 0 Å². The van der Waals surface area contributed by atoms with Gasteiger partial charge in [0.15, 0.2) is 0 Å². The highest BCUT2D eigenvalue weighted by atomic mass is 32.1. The van der Waals surface area contributed by atoms with Gasteiger partial charge in [0.1, 0.15) is 13.5 Å². The number of nitrogens with zero attached hydrogens (tertiary/aromatic N) is 2. The van der Waals surface area contributed by atoms with Gasteiger partial charge < -0.3 is 4.40 Å². The summed E-state index contributed by atoms with van der Waals surface area (Å²) in [6, 6.07) is 12.1. The van der Waals surface area contributed by atoms with Crippen molar-refractivity contribution in [3.05, 3.63) is 48.8 Å². The van der Waals surface area contributed by atoms with E-state index in [9.17, 15) is 0 Å². The maximum Gasteiger partial charge on any atom is 0.141 e. The minimum atomic E-state index is 0.650. The summed E-state index contributed by atoms with van der Waals surface area (Å²) in [4.78, 5) is 5.20. The van der Waals surface area contributed by atoms with Crippen LogP contribution in [-0.2, 0) is 0 Å². The minimum Gasteiger partial charge on any atom is -0.315 e. The molecular weight excluding hydrogens is 227 g/mol. The lowest BCUT2D eigenvalue weighted by molar-refractivity contribution is 1.22. The number of benzene rings is 1. The molecule has 1 aromatic carbocycles.